The topological polar surface area (TPSA) is 81.8 Å². The lowest BCUT2D eigenvalue weighted by Crippen LogP contribution is -2.51. The first-order valence-electron chi connectivity index (χ1n) is 12.9. The smallest absolute Gasteiger partial charge is 0.321 e. The monoisotopic (exact) mass is 474 g/mol. The quantitative estimate of drug-likeness (QED) is 0.697. The van der Waals surface area contributed by atoms with Crippen LogP contribution in [0.25, 0.3) is 0 Å². The van der Waals surface area contributed by atoms with Crippen molar-refractivity contribution in [1.82, 2.24) is 10.2 Å². The van der Waals surface area contributed by atoms with Crippen molar-refractivity contribution in [3.8, 4) is 0 Å². The highest BCUT2D eigenvalue weighted by Gasteiger charge is 2.40. The summed E-state index contributed by atoms with van der Waals surface area (Å²) in [6.07, 6.45) is 5.82. The molecule has 0 aromatic heterocycles. The maximum absolute atomic E-state index is 13.5. The standard InChI is InChI=1S/C28H34N4O3/c33-26(29-22-15-17-31(18-16-22)28(35)30-21-9-2-1-3-10-21)23-11-5-6-12-24(23)27(34)32-19-14-20-8-4-7-13-25(20)32/h1-4,7-10,13,22-24H,5-6,11-12,14-19H2,(H,29,33)(H,30,35). The lowest BCUT2D eigenvalue weighted by Gasteiger charge is -2.36. The number of fused-ring (bicyclic) bond motifs is 1. The maximum atomic E-state index is 13.5. The Morgan fingerprint density at radius 2 is 1.46 bits per heavy atom. The number of piperidine rings is 1. The summed E-state index contributed by atoms with van der Waals surface area (Å²) in [6.45, 7) is 1.90. The van der Waals surface area contributed by atoms with Crippen LogP contribution in [0.4, 0.5) is 16.2 Å². The van der Waals surface area contributed by atoms with E-state index in [2.05, 4.69) is 16.7 Å². The maximum Gasteiger partial charge on any atom is 0.321 e. The Kier molecular flexibility index (Phi) is 7.02. The predicted molar refractivity (Wildman–Crippen MR) is 136 cm³/mol. The van der Waals surface area contributed by atoms with Gasteiger partial charge in [0, 0.05) is 43.0 Å². The summed E-state index contributed by atoms with van der Waals surface area (Å²) in [4.78, 5) is 43.1. The van der Waals surface area contributed by atoms with Gasteiger partial charge in [0.2, 0.25) is 11.8 Å². The Bertz CT molecular complexity index is 1060. The van der Waals surface area contributed by atoms with Gasteiger partial charge in [0.25, 0.3) is 0 Å². The molecule has 2 fully saturated rings. The average Bonchev–Trinajstić information content (AvgIpc) is 3.33. The molecule has 7 heteroatoms. The van der Waals surface area contributed by atoms with Crippen LogP contribution >= 0.6 is 0 Å². The first kappa shape index (κ1) is 23.4. The molecule has 35 heavy (non-hydrogen) atoms. The van der Waals surface area contributed by atoms with E-state index in [9.17, 15) is 14.4 Å². The van der Waals surface area contributed by atoms with Crippen molar-refractivity contribution in [3.63, 3.8) is 0 Å². The molecule has 2 aromatic rings. The molecule has 5 rings (SSSR count). The molecule has 1 saturated carbocycles. The van der Waals surface area contributed by atoms with E-state index in [1.165, 1.54) is 5.56 Å². The SMILES string of the molecule is O=C(NC1CCN(C(=O)Nc2ccccc2)CC1)C1CCCCC1C(=O)N1CCc2ccccc21. The number of hydrogen-bond donors (Lipinski definition) is 2. The molecule has 1 saturated heterocycles. The lowest BCUT2D eigenvalue weighted by molar-refractivity contribution is -0.135. The Hall–Kier alpha value is -3.35. The van der Waals surface area contributed by atoms with Crippen LogP contribution in [0, 0.1) is 11.8 Å². The molecule has 3 aliphatic rings. The number of amides is 4. The fraction of sp³-hybridized carbons (Fsp3) is 0.464. The van der Waals surface area contributed by atoms with Gasteiger partial charge in [-0.1, -0.05) is 49.2 Å². The van der Waals surface area contributed by atoms with E-state index in [4.69, 9.17) is 0 Å². The van der Waals surface area contributed by atoms with Crippen molar-refractivity contribution in [2.75, 3.05) is 29.9 Å². The highest BCUT2D eigenvalue weighted by atomic mass is 16.2. The van der Waals surface area contributed by atoms with Gasteiger partial charge in [0.05, 0.1) is 5.92 Å². The summed E-state index contributed by atoms with van der Waals surface area (Å²) >= 11 is 0. The van der Waals surface area contributed by atoms with Gasteiger partial charge < -0.3 is 20.4 Å². The van der Waals surface area contributed by atoms with Gasteiger partial charge in [-0.2, -0.15) is 0 Å². The molecule has 2 atom stereocenters. The van der Waals surface area contributed by atoms with Gasteiger partial charge in [-0.25, -0.2) is 4.79 Å². The average molecular weight is 475 g/mol. The second kappa shape index (κ2) is 10.5. The normalized spacial score (nSPS) is 22.4. The summed E-state index contributed by atoms with van der Waals surface area (Å²) in [5, 5.41) is 6.15. The Balaban J connectivity index is 1.16. The third-order valence-electron chi connectivity index (χ3n) is 7.73. The Labute approximate surface area is 206 Å². The van der Waals surface area contributed by atoms with E-state index in [1.807, 2.05) is 53.4 Å². The number of nitrogens with zero attached hydrogens (tertiary/aromatic N) is 2. The first-order chi connectivity index (χ1) is 17.1. The van der Waals surface area contributed by atoms with Crippen molar-refractivity contribution in [2.45, 2.75) is 51.0 Å². The molecular formula is C28H34N4O3. The molecule has 2 aromatic carbocycles. The third-order valence-corrected chi connectivity index (χ3v) is 7.73. The molecule has 0 bridgehead atoms. The molecule has 0 radical (unpaired) electrons. The molecule has 2 aliphatic heterocycles. The second-order valence-electron chi connectivity index (χ2n) is 9.93. The highest BCUT2D eigenvalue weighted by Crippen LogP contribution is 2.36. The van der Waals surface area contributed by atoms with Gasteiger partial charge in [-0.3, -0.25) is 9.59 Å². The molecule has 2 N–H and O–H groups in total. The molecule has 184 valence electrons. The molecule has 2 unspecified atom stereocenters. The number of rotatable bonds is 4. The summed E-state index contributed by atoms with van der Waals surface area (Å²) in [5.74, 6) is -0.431. The number of anilines is 2. The minimum atomic E-state index is -0.275. The minimum Gasteiger partial charge on any atom is -0.353 e. The van der Waals surface area contributed by atoms with E-state index < -0.39 is 0 Å². The summed E-state index contributed by atoms with van der Waals surface area (Å²) in [7, 11) is 0. The number of likely N-dealkylation sites (tertiary alicyclic amines) is 1. The van der Waals surface area contributed by atoms with Crippen LogP contribution in [0.15, 0.2) is 54.6 Å². The minimum absolute atomic E-state index is 0.00252. The fourth-order valence-electron chi connectivity index (χ4n) is 5.77. The van der Waals surface area contributed by atoms with Crippen molar-refractivity contribution >= 4 is 29.2 Å². The van der Waals surface area contributed by atoms with Crippen molar-refractivity contribution in [2.24, 2.45) is 11.8 Å². The molecule has 1 aliphatic carbocycles. The van der Waals surface area contributed by atoms with Gasteiger partial charge in [-0.15, -0.1) is 0 Å². The summed E-state index contributed by atoms with van der Waals surface area (Å²) in [6, 6.07) is 17.5. The zero-order chi connectivity index (χ0) is 24.2. The van der Waals surface area contributed by atoms with Crippen LogP contribution in [0.2, 0.25) is 0 Å². The number of urea groups is 1. The van der Waals surface area contributed by atoms with Gasteiger partial charge in [0.1, 0.15) is 0 Å². The van der Waals surface area contributed by atoms with Crippen LogP contribution in [0.3, 0.4) is 0 Å². The van der Waals surface area contributed by atoms with Crippen molar-refractivity contribution in [1.29, 1.82) is 0 Å². The van der Waals surface area contributed by atoms with E-state index in [0.29, 0.717) is 19.6 Å². The summed E-state index contributed by atoms with van der Waals surface area (Å²) in [5.41, 5.74) is 2.99. The van der Waals surface area contributed by atoms with Crippen molar-refractivity contribution in [3.05, 3.63) is 60.2 Å². The molecule has 0 spiro atoms. The predicted octanol–water partition coefficient (Wildman–Crippen LogP) is 4.19. The molecule has 4 amide bonds. The molecular weight excluding hydrogens is 440 g/mol. The number of para-hydroxylation sites is 2. The van der Waals surface area contributed by atoms with Crippen LogP contribution in [-0.2, 0) is 16.0 Å². The van der Waals surface area contributed by atoms with E-state index in [0.717, 1.165) is 56.3 Å². The Morgan fingerprint density at radius 3 is 2.23 bits per heavy atom. The zero-order valence-corrected chi connectivity index (χ0v) is 20.1. The van der Waals surface area contributed by atoms with Gasteiger partial charge in [-0.05, 0) is 55.9 Å². The lowest BCUT2D eigenvalue weighted by atomic mass is 9.77. The van der Waals surface area contributed by atoms with Gasteiger partial charge in [0.15, 0.2) is 0 Å². The van der Waals surface area contributed by atoms with Gasteiger partial charge >= 0.3 is 6.03 Å². The largest absolute Gasteiger partial charge is 0.353 e. The van der Waals surface area contributed by atoms with E-state index in [-0.39, 0.29) is 35.7 Å². The third kappa shape index (κ3) is 5.19. The molecule has 7 nitrogen and oxygen atoms in total. The number of benzene rings is 2. The van der Waals surface area contributed by atoms with Crippen molar-refractivity contribution < 1.29 is 14.4 Å². The number of hydrogen-bond acceptors (Lipinski definition) is 3. The molecule has 2 heterocycles. The van der Waals surface area contributed by atoms with E-state index >= 15 is 0 Å². The Morgan fingerprint density at radius 1 is 0.771 bits per heavy atom. The fourth-order valence-corrected chi connectivity index (χ4v) is 5.77. The first-order valence-corrected chi connectivity index (χ1v) is 12.9. The zero-order valence-electron chi connectivity index (χ0n) is 20.1. The number of carbonyl (C=O) groups is 3. The van der Waals surface area contributed by atoms with E-state index in [1.54, 1.807) is 4.90 Å². The number of carbonyl (C=O) groups excluding carboxylic acids is 3. The number of nitrogens with one attached hydrogen (secondary N) is 2. The van der Waals surface area contributed by atoms with Crippen LogP contribution in [0.1, 0.15) is 44.1 Å². The van der Waals surface area contributed by atoms with Crippen LogP contribution in [-0.4, -0.2) is 48.4 Å². The summed E-state index contributed by atoms with van der Waals surface area (Å²) < 4.78 is 0. The second-order valence-corrected chi connectivity index (χ2v) is 9.93. The van der Waals surface area contributed by atoms with Crippen LogP contribution < -0.4 is 15.5 Å². The van der Waals surface area contributed by atoms with Crippen LogP contribution in [0.5, 0.6) is 0 Å². The highest BCUT2D eigenvalue weighted by molar-refractivity contribution is 5.99.